The Labute approximate surface area is 173 Å². The molecule has 4 N–H and O–H groups in total. The van der Waals surface area contributed by atoms with Crippen LogP contribution in [0.5, 0.6) is 0 Å². The Morgan fingerprint density at radius 3 is 2.83 bits per heavy atom. The van der Waals surface area contributed by atoms with Gasteiger partial charge in [-0.25, -0.2) is 9.37 Å². The second-order valence-corrected chi connectivity index (χ2v) is 7.87. The van der Waals surface area contributed by atoms with E-state index in [4.69, 9.17) is 5.73 Å². The maximum atomic E-state index is 13.9. The van der Waals surface area contributed by atoms with Crippen molar-refractivity contribution in [3.63, 3.8) is 0 Å². The number of anilines is 1. The van der Waals surface area contributed by atoms with E-state index in [-0.39, 0.29) is 17.2 Å². The number of fused-ring (bicyclic) bond motifs is 2. The normalized spacial score (nSPS) is 22.5. The summed E-state index contributed by atoms with van der Waals surface area (Å²) in [4.78, 5) is 25.2. The van der Waals surface area contributed by atoms with Gasteiger partial charge in [-0.2, -0.15) is 0 Å². The van der Waals surface area contributed by atoms with Crippen LogP contribution in [0.2, 0.25) is 0 Å². The number of hydrogen-bond donors (Lipinski definition) is 3. The van der Waals surface area contributed by atoms with Crippen LogP contribution in [0.25, 0.3) is 16.6 Å². The first kappa shape index (κ1) is 18.6. The van der Waals surface area contributed by atoms with E-state index in [1.807, 2.05) is 12.1 Å². The van der Waals surface area contributed by atoms with Crippen molar-refractivity contribution in [2.24, 2.45) is 11.7 Å². The van der Waals surface area contributed by atoms with Gasteiger partial charge in [-0.1, -0.05) is 6.08 Å². The van der Waals surface area contributed by atoms with Gasteiger partial charge < -0.3 is 25.8 Å². The molecule has 1 saturated heterocycles. The number of carbonyl (C=O) groups excluding carboxylic acids is 1. The Hall–Kier alpha value is -3.39. The summed E-state index contributed by atoms with van der Waals surface area (Å²) in [5.74, 6) is -0.897. The molecule has 0 radical (unpaired) electrons. The van der Waals surface area contributed by atoms with Crippen molar-refractivity contribution in [1.29, 1.82) is 0 Å². The minimum atomic E-state index is -0.540. The zero-order chi connectivity index (χ0) is 20.8. The summed E-state index contributed by atoms with van der Waals surface area (Å²) < 4.78 is 13.9. The Balaban J connectivity index is 1.52. The molecule has 1 aromatic carbocycles. The summed E-state index contributed by atoms with van der Waals surface area (Å²) in [7, 11) is 2.13. The number of hydrogen-bond acceptors (Lipinski definition) is 5. The van der Waals surface area contributed by atoms with Crippen LogP contribution in [0.3, 0.4) is 0 Å². The van der Waals surface area contributed by atoms with Crippen LogP contribution >= 0.6 is 0 Å². The van der Waals surface area contributed by atoms with Gasteiger partial charge in [0.1, 0.15) is 17.2 Å². The lowest BCUT2D eigenvalue weighted by molar-refractivity contribution is -0.115. The van der Waals surface area contributed by atoms with Crippen LogP contribution in [0.1, 0.15) is 5.82 Å². The monoisotopic (exact) mass is 406 g/mol. The lowest BCUT2D eigenvalue weighted by atomic mass is 9.92. The number of allylic oxidation sites excluding steroid dienone is 4. The maximum Gasteiger partial charge on any atom is 0.261 e. The standard InChI is InChI=1S/C22H23FN6O/c1-28-7-9-29(10-8-28)14-5-6-17-18(12-14)26-21(25-17)19-20(24)15-11-13(23)3-2-4-16(15)27-22(19)30/h2-6,11-12,15H,7-10,24H2,1H3,(H,25,26)(H,27,30). The highest BCUT2D eigenvalue weighted by atomic mass is 19.1. The largest absolute Gasteiger partial charge is 0.400 e. The fraction of sp³-hybridized carbons (Fsp3) is 0.273. The second-order valence-electron chi connectivity index (χ2n) is 7.87. The number of benzene rings is 1. The molecule has 3 heterocycles. The summed E-state index contributed by atoms with van der Waals surface area (Å²) in [6.45, 7) is 3.97. The highest BCUT2D eigenvalue weighted by Crippen LogP contribution is 2.33. The number of H-pyrrole nitrogens is 1. The van der Waals surface area contributed by atoms with Gasteiger partial charge in [0.2, 0.25) is 0 Å². The van der Waals surface area contributed by atoms with Crippen molar-refractivity contribution in [3.8, 4) is 0 Å². The minimum Gasteiger partial charge on any atom is -0.400 e. The van der Waals surface area contributed by atoms with Crippen LogP contribution in [0.15, 0.2) is 59.7 Å². The number of rotatable bonds is 2. The number of aromatic amines is 1. The molecule has 0 spiro atoms. The van der Waals surface area contributed by atoms with Crippen LogP contribution in [-0.2, 0) is 4.79 Å². The Bertz CT molecular complexity index is 1150. The number of imidazole rings is 1. The average molecular weight is 406 g/mol. The summed E-state index contributed by atoms with van der Waals surface area (Å²) in [6.07, 6.45) is 5.96. The predicted molar refractivity (Wildman–Crippen MR) is 115 cm³/mol. The number of nitrogens with one attached hydrogen (secondary N) is 2. The average Bonchev–Trinajstić information content (AvgIpc) is 3.04. The lowest BCUT2D eigenvalue weighted by Crippen LogP contribution is -2.44. The third-order valence-corrected chi connectivity index (χ3v) is 5.87. The number of piperazine rings is 1. The second kappa shape index (κ2) is 7.14. The van der Waals surface area contributed by atoms with Crippen molar-refractivity contribution >= 4 is 28.2 Å². The Morgan fingerprint density at radius 2 is 2.03 bits per heavy atom. The van der Waals surface area contributed by atoms with E-state index in [9.17, 15) is 9.18 Å². The van der Waals surface area contributed by atoms with Crippen LogP contribution in [-0.4, -0.2) is 54.0 Å². The number of halogens is 1. The fourth-order valence-corrected chi connectivity index (χ4v) is 4.13. The van der Waals surface area contributed by atoms with E-state index in [2.05, 4.69) is 38.2 Å². The van der Waals surface area contributed by atoms with Crippen LogP contribution in [0, 0.1) is 5.92 Å². The van der Waals surface area contributed by atoms with Gasteiger partial charge in [-0.05, 0) is 43.5 Å². The number of amides is 1. The quantitative estimate of drug-likeness (QED) is 0.710. The van der Waals surface area contributed by atoms with Crippen molar-refractivity contribution in [2.45, 2.75) is 0 Å². The first-order valence-corrected chi connectivity index (χ1v) is 10.00. The molecular weight excluding hydrogens is 383 g/mol. The van der Waals surface area contributed by atoms with Gasteiger partial charge in [-0.3, -0.25) is 4.79 Å². The zero-order valence-electron chi connectivity index (χ0n) is 16.7. The van der Waals surface area contributed by atoms with Crippen molar-refractivity contribution in [3.05, 3.63) is 65.5 Å². The maximum absolute atomic E-state index is 13.9. The number of nitrogens with zero attached hydrogens (tertiary/aromatic N) is 3. The molecule has 2 aliphatic heterocycles. The van der Waals surface area contributed by atoms with Crippen molar-refractivity contribution in [2.75, 3.05) is 38.1 Å². The molecule has 5 rings (SSSR count). The van der Waals surface area contributed by atoms with E-state index in [0.29, 0.717) is 11.5 Å². The number of aromatic nitrogens is 2. The molecule has 1 unspecified atom stereocenters. The Kier molecular flexibility index (Phi) is 4.43. The molecule has 2 aromatic rings. The molecule has 3 aliphatic rings. The third-order valence-electron chi connectivity index (χ3n) is 5.87. The van der Waals surface area contributed by atoms with Gasteiger partial charge in [0.05, 0.1) is 17.0 Å². The van der Waals surface area contributed by atoms with Gasteiger partial charge >= 0.3 is 0 Å². The predicted octanol–water partition coefficient (Wildman–Crippen LogP) is 2.04. The molecule has 1 fully saturated rings. The molecule has 30 heavy (non-hydrogen) atoms. The van der Waals surface area contributed by atoms with E-state index < -0.39 is 11.7 Å². The van der Waals surface area contributed by atoms with Gasteiger partial charge in [-0.15, -0.1) is 0 Å². The molecule has 7 nitrogen and oxygen atoms in total. The molecule has 0 saturated carbocycles. The molecular formula is C22H23FN6O. The van der Waals surface area contributed by atoms with Crippen LogP contribution < -0.4 is 16.0 Å². The molecule has 1 aromatic heterocycles. The summed E-state index contributed by atoms with van der Waals surface area (Å²) >= 11 is 0. The summed E-state index contributed by atoms with van der Waals surface area (Å²) in [5, 5.41) is 2.82. The van der Waals surface area contributed by atoms with Gasteiger partial charge in [0.15, 0.2) is 0 Å². The highest BCUT2D eigenvalue weighted by Gasteiger charge is 2.32. The number of carbonyl (C=O) groups is 1. The summed E-state index contributed by atoms with van der Waals surface area (Å²) in [5.41, 5.74) is 10.1. The van der Waals surface area contributed by atoms with Crippen LogP contribution in [0.4, 0.5) is 10.1 Å². The molecule has 1 atom stereocenters. The molecule has 8 heteroatoms. The zero-order valence-corrected chi connectivity index (χ0v) is 16.7. The first-order chi connectivity index (χ1) is 14.5. The summed E-state index contributed by atoms with van der Waals surface area (Å²) in [6, 6.07) is 6.04. The SMILES string of the molecule is CN1CCN(c2ccc3nc(C4=C(N)C5C=C(F)C=CC=C5NC4=O)[nH]c3c2)CC1. The molecule has 1 aliphatic carbocycles. The highest BCUT2D eigenvalue weighted by molar-refractivity contribution is 6.21. The molecule has 154 valence electrons. The molecule has 1 amide bonds. The minimum absolute atomic E-state index is 0.250. The van der Waals surface area contributed by atoms with E-state index in [1.165, 1.54) is 12.2 Å². The smallest absolute Gasteiger partial charge is 0.261 e. The molecule has 0 bridgehead atoms. The number of likely N-dealkylation sites (N-methyl/N-ethyl adjacent to an activating group) is 1. The van der Waals surface area contributed by atoms with Gasteiger partial charge in [0, 0.05) is 43.3 Å². The van der Waals surface area contributed by atoms with Gasteiger partial charge in [0.25, 0.3) is 5.91 Å². The topological polar surface area (TPSA) is 90.3 Å². The lowest BCUT2D eigenvalue weighted by Gasteiger charge is -2.34. The Morgan fingerprint density at radius 1 is 1.23 bits per heavy atom. The fourth-order valence-electron chi connectivity index (χ4n) is 4.13. The van der Waals surface area contributed by atoms with E-state index in [1.54, 1.807) is 12.2 Å². The third kappa shape index (κ3) is 3.19. The number of nitrogens with two attached hydrogens (primary N) is 1. The van der Waals surface area contributed by atoms with Crippen molar-refractivity contribution < 1.29 is 9.18 Å². The first-order valence-electron chi connectivity index (χ1n) is 10.00. The van der Waals surface area contributed by atoms with E-state index >= 15 is 0 Å². The van der Waals surface area contributed by atoms with Crippen molar-refractivity contribution in [1.82, 2.24) is 20.2 Å². The van der Waals surface area contributed by atoms with E-state index in [0.717, 1.165) is 42.9 Å².